The van der Waals surface area contributed by atoms with Crippen LogP contribution in [0.5, 0.6) is 5.75 Å². The van der Waals surface area contributed by atoms with Crippen LogP contribution in [0.15, 0.2) is 18.5 Å². The van der Waals surface area contributed by atoms with E-state index in [4.69, 9.17) is 9.84 Å². The number of nitrogens with one attached hydrogen (secondary N) is 1. The number of ether oxygens (including phenoxy) is 1. The fourth-order valence-electron chi connectivity index (χ4n) is 1.14. The van der Waals surface area contributed by atoms with Crippen LogP contribution < -0.4 is 10.1 Å². The van der Waals surface area contributed by atoms with Crippen LogP contribution in [0.25, 0.3) is 0 Å². The number of rotatable bonds is 5. The van der Waals surface area contributed by atoms with Gasteiger partial charge in [0, 0.05) is 6.20 Å². The van der Waals surface area contributed by atoms with E-state index in [1.54, 1.807) is 0 Å². The molecule has 0 radical (unpaired) electrons. The van der Waals surface area contributed by atoms with E-state index in [1.165, 1.54) is 18.5 Å². The summed E-state index contributed by atoms with van der Waals surface area (Å²) in [6.45, 7) is 3.29. The second-order valence-corrected chi connectivity index (χ2v) is 3.65. The number of amides is 1. The minimum absolute atomic E-state index is 0.0193. The first-order valence-corrected chi connectivity index (χ1v) is 5.10. The van der Waals surface area contributed by atoms with Crippen molar-refractivity contribution in [2.45, 2.75) is 20.0 Å². The third-order valence-corrected chi connectivity index (χ3v) is 1.75. The monoisotopic (exact) mass is 238 g/mol. The molecule has 0 atom stereocenters. The Kier molecular flexibility index (Phi) is 4.45. The number of hydrogen-bond donors (Lipinski definition) is 2. The van der Waals surface area contributed by atoms with Crippen molar-refractivity contribution in [3.63, 3.8) is 0 Å². The van der Waals surface area contributed by atoms with E-state index in [0.29, 0.717) is 5.75 Å². The Bertz CT molecular complexity index is 418. The SMILES string of the molecule is CC(C)Oc1cncc(C(=O)NCC(=O)O)c1. The largest absolute Gasteiger partial charge is 0.489 e. The molecule has 1 heterocycles. The van der Waals surface area contributed by atoms with Crippen molar-refractivity contribution >= 4 is 11.9 Å². The maximum Gasteiger partial charge on any atom is 0.322 e. The van der Waals surface area contributed by atoms with Gasteiger partial charge < -0.3 is 15.2 Å². The van der Waals surface area contributed by atoms with Gasteiger partial charge in [-0.3, -0.25) is 14.6 Å². The highest BCUT2D eigenvalue weighted by atomic mass is 16.5. The van der Waals surface area contributed by atoms with Crippen molar-refractivity contribution in [1.82, 2.24) is 10.3 Å². The highest BCUT2D eigenvalue weighted by Gasteiger charge is 2.09. The maximum absolute atomic E-state index is 11.5. The first kappa shape index (κ1) is 13.0. The second kappa shape index (κ2) is 5.83. The van der Waals surface area contributed by atoms with Crippen LogP contribution >= 0.6 is 0 Å². The number of pyridine rings is 1. The number of aliphatic carboxylic acids is 1. The van der Waals surface area contributed by atoms with E-state index in [2.05, 4.69) is 10.3 Å². The molecular weight excluding hydrogens is 224 g/mol. The predicted octanol–water partition coefficient (Wildman–Crippen LogP) is 0.683. The predicted molar refractivity (Wildman–Crippen MR) is 60.0 cm³/mol. The highest BCUT2D eigenvalue weighted by Crippen LogP contribution is 2.12. The zero-order chi connectivity index (χ0) is 12.8. The molecule has 1 rings (SSSR count). The highest BCUT2D eigenvalue weighted by molar-refractivity contribution is 5.95. The number of carbonyl (C=O) groups excluding carboxylic acids is 1. The molecule has 0 saturated heterocycles. The molecule has 17 heavy (non-hydrogen) atoms. The summed E-state index contributed by atoms with van der Waals surface area (Å²) in [5.74, 6) is -1.11. The summed E-state index contributed by atoms with van der Waals surface area (Å²) in [4.78, 5) is 25.7. The fraction of sp³-hybridized carbons (Fsp3) is 0.364. The number of carboxylic acid groups (broad SMARTS) is 1. The molecule has 0 spiro atoms. The van der Waals surface area contributed by atoms with Crippen LogP contribution in [-0.2, 0) is 4.79 Å². The lowest BCUT2D eigenvalue weighted by molar-refractivity contribution is -0.135. The van der Waals surface area contributed by atoms with E-state index in [1.807, 2.05) is 13.8 Å². The molecule has 0 aliphatic rings. The third kappa shape index (κ3) is 4.50. The Labute approximate surface area is 98.6 Å². The molecule has 6 heteroatoms. The van der Waals surface area contributed by atoms with Gasteiger partial charge >= 0.3 is 5.97 Å². The van der Waals surface area contributed by atoms with Crippen LogP contribution in [0.1, 0.15) is 24.2 Å². The van der Waals surface area contributed by atoms with Gasteiger partial charge in [-0.2, -0.15) is 0 Å². The lowest BCUT2D eigenvalue weighted by atomic mass is 10.2. The van der Waals surface area contributed by atoms with Crippen molar-refractivity contribution in [2.75, 3.05) is 6.54 Å². The van der Waals surface area contributed by atoms with E-state index in [0.717, 1.165) is 0 Å². The summed E-state index contributed by atoms with van der Waals surface area (Å²) in [5, 5.41) is 10.7. The van der Waals surface area contributed by atoms with E-state index in [9.17, 15) is 9.59 Å². The minimum Gasteiger partial charge on any atom is -0.489 e. The summed E-state index contributed by atoms with van der Waals surface area (Å²) < 4.78 is 5.37. The first-order chi connectivity index (χ1) is 7.99. The zero-order valence-electron chi connectivity index (χ0n) is 9.64. The normalized spacial score (nSPS) is 10.1. The molecule has 0 aliphatic carbocycles. The van der Waals surface area contributed by atoms with Crippen molar-refractivity contribution < 1.29 is 19.4 Å². The van der Waals surface area contributed by atoms with Crippen molar-refractivity contribution in [3.8, 4) is 5.75 Å². The van der Waals surface area contributed by atoms with Gasteiger partial charge in [-0.15, -0.1) is 0 Å². The molecule has 1 aromatic rings. The van der Waals surface area contributed by atoms with Gasteiger partial charge in [0.25, 0.3) is 5.91 Å². The number of hydrogen-bond acceptors (Lipinski definition) is 4. The summed E-state index contributed by atoms with van der Waals surface area (Å²) >= 11 is 0. The topological polar surface area (TPSA) is 88.5 Å². The third-order valence-electron chi connectivity index (χ3n) is 1.75. The molecule has 0 saturated carbocycles. The Morgan fingerprint density at radius 1 is 1.47 bits per heavy atom. The van der Waals surface area contributed by atoms with Gasteiger partial charge in [0.2, 0.25) is 0 Å². The standard InChI is InChI=1S/C11H14N2O4/c1-7(2)17-9-3-8(4-12-5-9)11(16)13-6-10(14)15/h3-5,7H,6H2,1-2H3,(H,13,16)(H,14,15). The molecule has 0 aliphatic heterocycles. The molecule has 0 unspecified atom stereocenters. The van der Waals surface area contributed by atoms with E-state index in [-0.39, 0.29) is 11.7 Å². The average Bonchev–Trinajstić information content (AvgIpc) is 2.25. The Hall–Kier alpha value is -2.11. The molecule has 2 N–H and O–H groups in total. The van der Waals surface area contributed by atoms with Gasteiger partial charge in [0.05, 0.1) is 17.9 Å². The molecule has 6 nitrogen and oxygen atoms in total. The summed E-state index contributed by atoms with van der Waals surface area (Å²) in [6, 6.07) is 1.52. The quantitative estimate of drug-likeness (QED) is 0.787. The maximum atomic E-state index is 11.5. The average molecular weight is 238 g/mol. The van der Waals surface area contributed by atoms with Crippen LogP contribution in [0.4, 0.5) is 0 Å². The van der Waals surface area contributed by atoms with Gasteiger partial charge in [0.1, 0.15) is 12.3 Å². The number of nitrogens with zero attached hydrogens (tertiary/aromatic N) is 1. The fourth-order valence-corrected chi connectivity index (χ4v) is 1.14. The van der Waals surface area contributed by atoms with E-state index >= 15 is 0 Å². The summed E-state index contributed by atoms with van der Waals surface area (Å²) in [7, 11) is 0. The van der Waals surface area contributed by atoms with Crippen molar-refractivity contribution in [3.05, 3.63) is 24.0 Å². The molecule has 1 aromatic heterocycles. The number of aromatic nitrogens is 1. The number of carboxylic acids is 1. The zero-order valence-corrected chi connectivity index (χ0v) is 9.64. The van der Waals surface area contributed by atoms with Gasteiger partial charge in [-0.25, -0.2) is 0 Å². The Morgan fingerprint density at radius 3 is 2.76 bits per heavy atom. The summed E-state index contributed by atoms with van der Waals surface area (Å²) in [5.41, 5.74) is 0.268. The minimum atomic E-state index is -1.10. The molecule has 0 bridgehead atoms. The number of carbonyl (C=O) groups is 2. The van der Waals surface area contributed by atoms with Crippen LogP contribution in [0, 0.1) is 0 Å². The molecule has 0 fully saturated rings. The molecular formula is C11H14N2O4. The molecule has 0 aromatic carbocycles. The van der Waals surface area contributed by atoms with Crippen LogP contribution in [-0.4, -0.2) is 34.6 Å². The van der Waals surface area contributed by atoms with Crippen molar-refractivity contribution in [1.29, 1.82) is 0 Å². The van der Waals surface area contributed by atoms with Gasteiger partial charge in [-0.05, 0) is 19.9 Å². The Balaban J connectivity index is 2.70. The van der Waals surface area contributed by atoms with Crippen LogP contribution in [0.3, 0.4) is 0 Å². The smallest absolute Gasteiger partial charge is 0.322 e. The van der Waals surface area contributed by atoms with Crippen LogP contribution in [0.2, 0.25) is 0 Å². The molecule has 92 valence electrons. The lowest BCUT2D eigenvalue weighted by Gasteiger charge is -2.10. The second-order valence-electron chi connectivity index (χ2n) is 3.65. The summed E-state index contributed by atoms with van der Waals surface area (Å²) in [6.07, 6.45) is 2.83. The Morgan fingerprint density at radius 2 is 2.18 bits per heavy atom. The van der Waals surface area contributed by atoms with Gasteiger partial charge in [0.15, 0.2) is 0 Å². The molecule has 1 amide bonds. The van der Waals surface area contributed by atoms with Gasteiger partial charge in [-0.1, -0.05) is 0 Å². The first-order valence-electron chi connectivity index (χ1n) is 5.10. The van der Waals surface area contributed by atoms with E-state index < -0.39 is 18.4 Å². The lowest BCUT2D eigenvalue weighted by Crippen LogP contribution is -2.29. The van der Waals surface area contributed by atoms with Crippen molar-refractivity contribution in [2.24, 2.45) is 0 Å².